The maximum atomic E-state index is 12.8. The van der Waals surface area contributed by atoms with Crippen LogP contribution in [0.2, 0.25) is 0 Å². The third-order valence-corrected chi connectivity index (χ3v) is 4.83. The Morgan fingerprint density at radius 3 is 2.60 bits per heavy atom. The Hall–Kier alpha value is -0.930. The minimum Gasteiger partial charge on any atom is -0.378 e. The Labute approximate surface area is 121 Å². The summed E-state index contributed by atoms with van der Waals surface area (Å²) in [5, 5.41) is 3.64. The molecule has 1 aliphatic rings. The van der Waals surface area contributed by atoms with Crippen LogP contribution in [0.3, 0.4) is 0 Å². The van der Waals surface area contributed by atoms with E-state index in [-0.39, 0.29) is 11.2 Å². The molecule has 0 bridgehead atoms. The van der Waals surface area contributed by atoms with Crippen molar-refractivity contribution in [3.63, 3.8) is 0 Å². The van der Waals surface area contributed by atoms with E-state index in [1.54, 1.807) is 0 Å². The maximum absolute atomic E-state index is 12.8. The molecule has 1 saturated carbocycles. The van der Waals surface area contributed by atoms with Crippen molar-refractivity contribution < 1.29 is 9.13 Å². The molecule has 0 amide bonds. The number of benzene rings is 1. The number of hydrogen-bond donors (Lipinski definition) is 1. The van der Waals surface area contributed by atoms with Crippen LogP contribution in [0.1, 0.15) is 39.2 Å². The average molecular weight is 279 g/mol. The fourth-order valence-corrected chi connectivity index (χ4v) is 3.11. The van der Waals surface area contributed by atoms with Gasteiger partial charge in [0, 0.05) is 18.1 Å². The second-order valence-electron chi connectivity index (χ2n) is 5.92. The highest BCUT2D eigenvalue weighted by atomic mass is 19.1. The molecule has 3 heteroatoms. The molecule has 1 fully saturated rings. The second kappa shape index (κ2) is 6.68. The first-order valence-corrected chi connectivity index (χ1v) is 7.69. The van der Waals surface area contributed by atoms with E-state index in [1.165, 1.54) is 17.7 Å². The topological polar surface area (TPSA) is 21.3 Å². The van der Waals surface area contributed by atoms with E-state index < -0.39 is 0 Å². The fraction of sp³-hybridized carbons (Fsp3) is 0.647. The summed E-state index contributed by atoms with van der Waals surface area (Å²) >= 11 is 0. The number of halogens is 1. The van der Waals surface area contributed by atoms with Gasteiger partial charge in [0.1, 0.15) is 5.82 Å². The van der Waals surface area contributed by atoms with Gasteiger partial charge in [0.15, 0.2) is 0 Å². The molecule has 3 atom stereocenters. The van der Waals surface area contributed by atoms with Gasteiger partial charge in [-0.25, -0.2) is 4.39 Å². The molecule has 2 rings (SSSR count). The van der Waals surface area contributed by atoms with Gasteiger partial charge in [-0.1, -0.05) is 26.0 Å². The van der Waals surface area contributed by atoms with Crippen molar-refractivity contribution in [3.8, 4) is 0 Å². The zero-order chi connectivity index (χ0) is 14.6. The van der Waals surface area contributed by atoms with Gasteiger partial charge in [-0.15, -0.1) is 0 Å². The normalized spacial score (nSPS) is 29.2. The summed E-state index contributed by atoms with van der Waals surface area (Å²) in [4.78, 5) is 0. The zero-order valence-electron chi connectivity index (χ0n) is 12.8. The summed E-state index contributed by atoms with van der Waals surface area (Å²) in [6, 6.07) is 7.31. The molecule has 112 valence electrons. The molecule has 0 heterocycles. The van der Waals surface area contributed by atoms with Gasteiger partial charge in [0.05, 0.1) is 6.10 Å². The Kier molecular flexibility index (Phi) is 5.17. The summed E-state index contributed by atoms with van der Waals surface area (Å²) in [6.07, 6.45) is 3.56. The lowest BCUT2D eigenvalue weighted by atomic mass is 9.61. The van der Waals surface area contributed by atoms with E-state index >= 15 is 0 Å². The molecule has 0 saturated heterocycles. The first-order valence-electron chi connectivity index (χ1n) is 7.69. The van der Waals surface area contributed by atoms with Crippen molar-refractivity contribution in [1.82, 2.24) is 5.32 Å². The number of ether oxygens (including phenoxy) is 1. The third kappa shape index (κ3) is 3.21. The van der Waals surface area contributed by atoms with Crippen LogP contribution in [0.4, 0.5) is 4.39 Å². The standard InChI is InChI=1S/C17H26FNO/c1-4-17(3)15(12-16(17)20-5-2)19-11-10-13-6-8-14(18)9-7-13/h6-9,15-16,19H,4-5,10-12H2,1-3H3. The summed E-state index contributed by atoms with van der Waals surface area (Å²) in [5.74, 6) is -0.168. The SMILES string of the molecule is CCOC1CC(NCCc2ccc(F)cc2)C1(C)CC. The van der Waals surface area contributed by atoms with Crippen molar-refractivity contribution in [2.75, 3.05) is 13.2 Å². The quantitative estimate of drug-likeness (QED) is 0.824. The first-order chi connectivity index (χ1) is 9.60. The lowest BCUT2D eigenvalue weighted by Gasteiger charge is -2.53. The van der Waals surface area contributed by atoms with Crippen molar-refractivity contribution in [2.24, 2.45) is 5.41 Å². The van der Waals surface area contributed by atoms with Crippen LogP contribution >= 0.6 is 0 Å². The molecule has 0 radical (unpaired) electrons. The van der Waals surface area contributed by atoms with E-state index in [4.69, 9.17) is 4.74 Å². The third-order valence-electron chi connectivity index (χ3n) is 4.83. The van der Waals surface area contributed by atoms with Crippen LogP contribution < -0.4 is 5.32 Å². The molecular formula is C17H26FNO. The van der Waals surface area contributed by atoms with Crippen LogP contribution in [0.5, 0.6) is 0 Å². The average Bonchev–Trinajstić information content (AvgIpc) is 2.46. The molecular weight excluding hydrogens is 253 g/mol. The van der Waals surface area contributed by atoms with Gasteiger partial charge in [0.2, 0.25) is 0 Å². The Bertz CT molecular complexity index is 420. The second-order valence-corrected chi connectivity index (χ2v) is 5.92. The van der Waals surface area contributed by atoms with Crippen molar-refractivity contribution in [1.29, 1.82) is 0 Å². The lowest BCUT2D eigenvalue weighted by Crippen LogP contribution is -2.62. The van der Waals surface area contributed by atoms with Gasteiger partial charge in [-0.05, 0) is 50.4 Å². The fourth-order valence-electron chi connectivity index (χ4n) is 3.11. The van der Waals surface area contributed by atoms with Gasteiger partial charge in [-0.3, -0.25) is 0 Å². The Morgan fingerprint density at radius 1 is 1.30 bits per heavy atom. The summed E-state index contributed by atoms with van der Waals surface area (Å²) in [5.41, 5.74) is 1.43. The van der Waals surface area contributed by atoms with E-state index in [0.29, 0.717) is 12.1 Å². The summed E-state index contributed by atoms with van der Waals surface area (Å²) in [6.45, 7) is 8.34. The van der Waals surface area contributed by atoms with Crippen molar-refractivity contribution in [3.05, 3.63) is 35.6 Å². The molecule has 1 aromatic carbocycles. The number of hydrogen-bond acceptors (Lipinski definition) is 2. The van der Waals surface area contributed by atoms with Crippen molar-refractivity contribution >= 4 is 0 Å². The molecule has 20 heavy (non-hydrogen) atoms. The minimum absolute atomic E-state index is 0.168. The number of nitrogens with one attached hydrogen (secondary N) is 1. The van der Waals surface area contributed by atoms with E-state index in [0.717, 1.165) is 32.4 Å². The summed E-state index contributed by atoms with van der Waals surface area (Å²) in [7, 11) is 0. The highest BCUT2D eigenvalue weighted by molar-refractivity contribution is 5.16. The minimum atomic E-state index is -0.168. The highest BCUT2D eigenvalue weighted by Gasteiger charge is 2.50. The van der Waals surface area contributed by atoms with Crippen LogP contribution in [0.15, 0.2) is 24.3 Å². The molecule has 1 N–H and O–H groups in total. The molecule has 3 unspecified atom stereocenters. The van der Waals surface area contributed by atoms with Gasteiger partial charge < -0.3 is 10.1 Å². The van der Waals surface area contributed by atoms with Crippen LogP contribution in [-0.4, -0.2) is 25.3 Å². The largest absolute Gasteiger partial charge is 0.378 e. The molecule has 1 aliphatic carbocycles. The molecule has 2 nitrogen and oxygen atoms in total. The molecule has 1 aromatic rings. The lowest BCUT2D eigenvalue weighted by molar-refractivity contribution is -0.125. The Morgan fingerprint density at radius 2 is 2.00 bits per heavy atom. The van der Waals surface area contributed by atoms with E-state index in [2.05, 4.69) is 26.1 Å². The predicted octanol–water partition coefficient (Wildman–Crippen LogP) is 3.55. The summed E-state index contributed by atoms with van der Waals surface area (Å²) < 4.78 is 18.6. The van der Waals surface area contributed by atoms with Crippen molar-refractivity contribution in [2.45, 2.75) is 52.2 Å². The molecule has 0 spiro atoms. The zero-order valence-corrected chi connectivity index (χ0v) is 12.8. The van der Waals surface area contributed by atoms with Gasteiger partial charge >= 0.3 is 0 Å². The number of rotatable bonds is 7. The van der Waals surface area contributed by atoms with Crippen LogP contribution in [0, 0.1) is 11.2 Å². The van der Waals surface area contributed by atoms with E-state index in [1.807, 2.05) is 12.1 Å². The molecule has 0 aliphatic heterocycles. The van der Waals surface area contributed by atoms with Gasteiger partial charge in [-0.2, -0.15) is 0 Å². The van der Waals surface area contributed by atoms with Crippen LogP contribution in [-0.2, 0) is 11.2 Å². The molecule has 0 aromatic heterocycles. The Balaban J connectivity index is 1.78. The van der Waals surface area contributed by atoms with E-state index in [9.17, 15) is 4.39 Å². The highest BCUT2D eigenvalue weighted by Crippen LogP contribution is 2.45. The monoisotopic (exact) mass is 279 g/mol. The van der Waals surface area contributed by atoms with Crippen LogP contribution in [0.25, 0.3) is 0 Å². The maximum Gasteiger partial charge on any atom is 0.123 e. The smallest absolute Gasteiger partial charge is 0.123 e. The van der Waals surface area contributed by atoms with Gasteiger partial charge in [0.25, 0.3) is 0 Å². The first kappa shape index (κ1) is 15.5. The predicted molar refractivity (Wildman–Crippen MR) is 80.3 cm³/mol.